The van der Waals surface area contributed by atoms with Gasteiger partial charge in [0.2, 0.25) is 0 Å². The molecule has 5 nitrogen and oxygen atoms in total. The van der Waals surface area contributed by atoms with Crippen LogP contribution in [0.5, 0.6) is 11.5 Å². The molecule has 2 rings (SSSR count). The summed E-state index contributed by atoms with van der Waals surface area (Å²) in [7, 11) is 3.07. The Morgan fingerprint density at radius 2 is 1.80 bits per heavy atom. The Morgan fingerprint density at radius 1 is 1.12 bits per heavy atom. The fourth-order valence-electron chi connectivity index (χ4n) is 2.43. The Morgan fingerprint density at radius 3 is 2.36 bits per heavy atom. The number of ether oxygens (including phenoxy) is 2. The van der Waals surface area contributed by atoms with Crippen molar-refractivity contribution in [2.75, 3.05) is 26.1 Å². The number of rotatable bonds is 6. The van der Waals surface area contributed by atoms with Gasteiger partial charge in [-0.1, -0.05) is 31.5 Å². The normalized spacial score (nSPS) is 11.1. The van der Waals surface area contributed by atoms with Gasteiger partial charge in [-0.3, -0.25) is 4.79 Å². The van der Waals surface area contributed by atoms with Crippen molar-refractivity contribution in [3.8, 4) is 11.5 Å². The molecule has 1 amide bonds. The molecule has 0 aliphatic carbocycles. The van der Waals surface area contributed by atoms with E-state index in [9.17, 15) is 4.79 Å². The fourth-order valence-corrected chi connectivity index (χ4v) is 2.87. The van der Waals surface area contributed by atoms with Gasteiger partial charge in [0.15, 0.2) is 11.5 Å². The van der Waals surface area contributed by atoms with Crippen LogP contribution in [0.4, 0.5) is 5.69 Å². The molecule has 2 aromatic carbocycles. The molecule has 0 fully saturated rings. The lowest BCUT2D eigenvalue weighted by Crippen LogP contribution is -2.28. The van der Waals surface area contributed by atoms with E-state index in [0.29, 0.717) is 34.3 Å². The van der Waals surface area contributed by atoms with Gasteiger partial charge in [0.25, 0.3) is 5.91 Å². The third-order valence-electron chi connectivity index (χ3n) is 4.11. The first kappa shape index (κ1) is 19.1. The second kappa shape index (κ2) is 7.76. The van der Waals surface area contributed by atoms with Crippen LogP contribution in [0.2, 0.25) is 5.02 Å². The number of nitrogens with two attached hydrogens (primary N) is 1. The van der Waals surface area contributed by atoms with Gasteiger partial charge in [-0.2, -0.15) is 0 Å². The highest BCUT2D eigenvalue weighted by Crippen LogP contribution is 2.32. The van der Waals surface area contributed by atoms with Gasteiger partial charge in [0.1, 0.15) is 0 Å². The molecule has 3 N–H and O–H groups in total. The maximum atomic E-state index is 12.5. The van der Waals surface area contributed by atoms with E-state index in [2.05, 4.69) is 5.32 Å². The largest absolute Gasteiger partial charge is 0.493 e. The summed E-state index contributed by atoms with van der Waals surface area (Å²) in [6.07, 6.45) is 0. The van der Waals surface area contributed by atoms with Gasteiger partial charge < -0.3 is 20.5 Å². The molecule has 0 aliphatic rings. The number of methoxy groups -OCH3 is 2. The van der Waals surface area contributed by atoms with E-state index in [1.165, 1.54) is 7.11 Å². The Kier molecular flexibility index (Phi) is 5.93. The molecule has 0 bridgehead atoms. The quantitative estimate of drug-likeness (QED) is 0.818. The Labute approximate surface area is 153 Å². The number of anilines is 1. The van der Waals surface area contributed by atoms with Crippen molar-refractivity contribution in [3.63, 3.8) is 0 Å². The molecule has 0 unspecified atom stereocenters. The molecule has 0 aliphatic heterocycles. The number of amides is 1. The molecule has 0 heterocycles. The molecule has 2 aromatic rings. The SMILES string of the molecule is COc1ccc(C(=O)Nc2ccc(C(C)(C)CN)c(Cl)c2)cc1OC. The summed E-state index contributed by atoms with van der Waals surface area (Å²) in [4.78, 5) is 12.5. The van der Waals surface area contributed by atoms with Crippen LogP contribution < -0.4 is 20.5 Å². The molecule has 25 heavy (non-hydrogen) atoms. The third kappa shape index (κ3) is 4.24. The predicted molar refractivity (Wildman–Crippen MR) is 101 cm³/mol. The number of carbonyl (C=O) groups is 1. The third-order valence-corrected chi connectivity index (χ3v) is 4.42. The molecule has 0 saturated carbocycles. The standard InChI is InChI=1S/C19H23ClN2O3/c1-19(2,11-21)14-7-6-13(10-15(14)20)22-18(23)12-5-8-16(24-3)17(9-12)25-4/h5-10H,11,21H2,1-4H3,(H,22,23). The first-order valence-corrected chi connectivity index (χ1v) is 8.23. The Bertz CT molecular complexity index is 775. The summed E-state index contributed by atoms with van der Waals surface area (Å²) >= 11 is 6.37. The van der Waals surface area contributed by atoms with Crippen LogP contribution in [0.25, 0.3) is 0 Å². The average molecular weight is 363 g/mol. The van der Waals surface area contributed by atoms with Gasteiger partial charge in [0, 0.05) is 28.2 Å². The summed E-state index contributed by atoms with van der Waals surface area (Å²) in [5, 5.41) is 3.40. The molecule has 6 heteroatoms. The lowest BCUT2D eigenvalue weighted by atomic mass is 9.85. The van der Waals surface area contributed by atoms with E-state index >= 15 is 0 Å². The molecule has 0 aromatic heterocycles. The van der Waals surface area contributed by atoms with E-state index in [1.54, 1.807) is 31.4 Å². The highest BCUT2D eigenvalue weighted by molar-refractivity contribution is 6.31. The molecule has 134 valence electrons. The first-order valence-electron chi connectivity index (χ1n) is 7.86. The molecular weight excluding hydrogens is 340 g/mol. The number of halogens is 1. The average Bonchev–Trinajstić information content (AvgIpc) is 2.60. The van der Waals surface area contributed by atoms with Crippen LogP contribution in [0.1, 0.15) is 29.8 Å². The summed E-state index contributed by atoms with van der Waals surface area (Å²) < 4.78 is 10.4. The number of benzene rings is 2. The summed E-state index contributed by atoms with van der Waals surface area (Å²) in [6.45, 7) is 4.52. The zero-order valence-electron chi connectivity index (χ0n) is 14.9. The summed E-state index contributed by atoms with van der Waals surface area (Å²) in [6, 6.07) is 10.4. The predicted octanol–water partition coefficient (Wildman–Crippen LogP) is 3.85. The highest BCUT2D eigenvalue weighted by Gasteiger charge is 2.22. The van der Waals surface area contributed by atoms with Crippen molar-refractivity contribution in [3.05, 3.63) is 52.5 Å². The lowest BCUT2D eigenvalue weighted by molar-refractivity contribution is 0.102. The van der Waals surface area contributed by atoms with Gasteiger partial charge >= 0.3 is 0 Å². The van der Waals surface area contributed by atoms with Crippen molar-refractivity contribution in [1.29, 1.82) is 0 Å². The second-order valence-electron chi connectivity index (χ2n) is 6.31. The van der Waals surface area contributed by atoms with Crippen LogP contribution in [0, 0.1) is 0 Å². The zero-order chi connectivity index (χ0) is 18.6. The van der Waals surface area contributed by atoms with Gasteiger partial charge in [-0.25, -0.2) is 0 Å². The highest BCUT2D eigenvalue weighted by atomic mass is 35.5. The summed E-state index contributed by atoms with van der Waals surface area (Å²) in [5.74, 6) is 0.798. The van der Waals surface area contributed by atoms with Crippen molar-refractivity contribution < 1.29 is 14.3 Å². The fraction of sp³-hybridized carbons (Fsp3) is 0.316. The number of hydrogen-bond donors (Lipinski definition) is 2. The van der Waals surface area contributed by atoms with Crippen LogP contribution in [-0.4, -0.2) is 26.7 Å². The Balaban J connectivity index is 2.22. The van der Waals surface area contributed by atoms with Crippen molar-refractivity contribution in [2.45, 2.75) is 19.3 Å². The van der Waals surface area contributed by atoms with E-state index in [1.807, 2.05) is 26.0 Å². The monoisotopic (exact) mass is 362 g/mol. The maximum absolute atomic E-state index is 12.5. The molecule has 0 spiro atoms. The smallest absolute Gasteiger partial charge is 0.255 e. The minimum atomic E-state index is -0.261. The maximum Gasteiger partial charge on any atom is 0.255 e. The minimum absolute atomic E-state index is 0.233. The van der Waals surface area contributed by atoms with Gasteiger partial charge in [0.05, 0.1) is 14.2 Å². The van der Waals surface area contributed by atoms with Gasteiger partial charge in [-0.15, -0.1) is 0 Å². The van der Waals surface area contributed by atoms with E-state index in [-0.39, 0.29) is 11.3 Å². The lowest BCUT2D eigenvalue weighted by Gasteiger charge is -2.24. The van der Waals surface area contributed by atoms with Crippen LogP contribution in [0.15, 0.2) is 36.4 Å². The van der Waals surface area contributed by atoms with E-state index < -0.39 is 0 Å². The first-order chi connectivity index (χ1) is 11.8. The topological polar surface area (TPSA) is 73.6 Å². The van der Waals surface area contributed by atoms with Crippen molar-refractivity contribution >= 4 is 23.2 Å². The number of hydrogen-bond acceptors (Lipinski definition) is 4. The second-order valence-corrected chi connectivity index (χ2v) is 6.71. The zero-order valence-corrected chi connectivity index (χ0v) is 15.6. The number of nitrogens with one attached hydrogen (secondary N) is 1. The van der Waals surface area contributed by atoms with Gasteiger partial charge in [-0.05, 0) is 35.9 Å². The van der Waals surface area contributed by atoms with Crippen LogP contribution >= 0.6 is 11.6 Å². The number of carbonyl (C=O) groups excluding carboxylic acids is 1. The van der Waals surface area contributed by atoms with Crippen molar-refractivity contribution in [1.82, 2.24) is 0 Å². The van der Waals surface area contributed by atoms with Crippen LogP contribution in [-0.2, 0) is 5.41 Å². The minimum Gasteiger partial charge on any atom is -0.493 e. The molecular formula is C19H23ClN2O3. The van der Waals surface area contributed by atoms with E-state index in [0.717, 1.165) is 5.56 Å². The van der Waals surface area contributed by atoms with Crippen molar-refractivity contribution in [2.24, 2.45) is 5.73 Å². The van der Waals surface area contributed by atoms with E-state index in [4.69, 9.17) is 26.8 Å². The summed E-state index contributed by atoms with van der Waals surface area (Å²) in [5.41, 5.74) is 7.59. The molecule has 0 radical (unpaired) electrons. The Hall–Kier alpha value is -2.24. The molecule has 0 saturated heterocycles. The molecule has 0 atom stereocenters. The van der Waals surface area contributed by atoms with Crippen LogP contribution in [0.3, 0.4) is 0 Å².